The Bertz CT molecular complexity index is 525. The van der Waals surface area contributed by atoms with Gasteiger partial charge in [-0.1, -0.05) is 40.2 Å². The molecule has 2 rings (SSSR count). The largest absolute Gasteiger partial charge is 0.497 e. The Labute approximate surface area is 128 Å². The van der Waals surface area contributed by atoms with Gasteiger partial charge in [-0.25, -0.2) is 0 Å². The molecule has 1 atom stereocenters. The van der Waals surface area contributed by atoms with E-state index < -0.39 is 0 Å². The van der Waals surface area contributed by atoms with Gasteiger partial charge >= 0.3 is 0 Å². The van der Waals surface area contributed by atoms with Gasteiger partial charge in [-0.15, -0.1) is 0 Å². The molecule has 20 heavy (non-hydrogen) atoms. The van der Waals surface area contributed by atoms with Crippen LogP contribution in [0.15, 0.2) is 53.0 Å². The summed E-state index contributed by atoms with van der Waals surface area (Å²) in [5, 5.41) is 3.48. The van der Waals surface area contributed by atoms with Gasteiger partial charge in [0, 0.05) is 17.6 Å². The van der Waals surface area contributed by atoms with Gasteiger partial charge in [-0.3, -0.25) is 0 Å². The fourth-order valence-corrected chi connectivity index (χ4v) is 2.37. The Hall–Kier alpha value is -1.36. The third-order valence-corrected chi connectivity index (χ3v) is 3.67. The van der Waals surface area contributed by atoms with Crippen LogP contribution in [0.1, 0.15) is 17.2 Å². The molecule has 3 nitrogen and oxygen atoms in total. The molecular formula is C16H19BrN2O. The van der Waals surface area contributed by atoms with E-state index in [4.69, 9.17) is 10.5 Å². The first-order valence-corrected chi connectivity index (χ1v) is 7.36. The smallest absolute Gasteiger partial charge is 0.118 e. The fourth-order valence-electron chi connectivity index (χ4n) is 2.11. The average molecular weight is 335 g/mol. The molecule has 0 aromatic heterocycles. The number of ether oxygens (including phenoxy) is 1. The monoisotopic (exact) mass is 334 g/mol. The summed E-state index contributed by atoms with van der Waals surface area (Å²) in [6, 6.07) is 16.6. The predicted molar refractivity (Wildman–Crippen MR) is 86.0 cm³/mol. The Morgan fingerprint density at radius 3 is 2.10 bits per heavy atom. The molecule has 2 aromatic carbocycles. The first-order chi connectivity index (χ1) is 9.74. The summed E-state index contributed by atoms with van der Waals surface area (Å²) in [6.07, 6.45) is 0. The average Bonchev–Trinajstić information content (AvgIpc) is 2.50. The summed E-state index contributed by atoms with van der Waals surface area (Å²) in [5.74, 6) is 0.863. The van der Waals surface area contributed by atoms with E-state index in [1.54, 1.807) is 7.11 Å². The second-order valence-electron chi connectivity index (χ2n) is 4.50. The molecule has 0 heterocycles. The number of nitrogens with one attached hydrogen (secondary N) is 1. The van der Waals surface area contributed by atoms with Crippen molar-refractivity contribution in [3.8, 4) is 5.75 Å². The highest BCUT2D eigenvalue weighted by Gasteiger charge is 2.13. The highest BCUT2D eigenvalue weighted by molar-refractivity contribution is 9.10. The highest BCUT2D eigenvalue weighted by Crippen LogP contribution is 2.25. The van der Waals surface area contributed by atoms with Crippen molar-refractivity contribution in [2.45, 2.75) is 6.04 Å². The van der Waals surface area contributed by atoms with E-state index in [-0.39, 0.29) is 6.04 Å². The molecule has 2 aromatic rings. The summed E-state index contributed by atoms with van der Waals surface area (Å²) in [5.41, 5.74) is 8.02. The number of nitrogens with two attached hydrogens (primary N) is 1. The Kier molecular flexibility index (Phi) is 5.59. The molecule has 0 fully saturated rings. The number of benzene rings is 2. The van der Waals surface area contributed by atoms with E-state index in [1.807, 2.05) is 12.1 Å². The molecule has 0 aliphatic heterocycles. The topological polar surface area (TPSA) is 47.3 Å². The van der Waals surface area contributed by atoms with Crippen LogP contribution in [0.5, 0.6) is 5.75 Å². The molecule has 0 aliphatic carbocycles. The van der Waals surface area contributed by atoms with Crippen LogP contribution in [0.4, 0.5) is 0 Å². The Morgan fingerprint density at radius 2 is 1.60 bits per heavy atom. The minimum Gasteiger partial charge on any atom is -0.497 e. The quantitative estimate of drug-likeness (QED) is 0.853. The maximum atomic E-state index is 5.61. The molecule has 0 aliphatic rings. The van der Waals surface area contributed by atoms with Crippen molar-refractivity contribution in [1.29, 1.82) is 0 Å². The summed E-state index contributed by atoms with van der Waals surface area (Å²) in [4.78, 5) is 0. The van der Waals surface area contributed by atoms with Crippen molar-refractivity contribution in [3.63, 3.8) is 0 Å². The van der Waals surface area contributed by atoms with Gasteiger partial charge in [0.25, 0.3) is 0 Å². The predicted octanol–water partition coefficient (Wildman–Crippen LogP) is 3.10. The standard InChI is InChI=1S/C16H19BrN2O/c1-20-15-8-4-13(5-9-15)16(19-11-10-18)12-2-6-14(17)7-3-12/h2-9,16,19H,10-11,18H2,1H3/t16-/m1/s1. The van der Waals surface area contributed by atoms with Crippen LogP contribution >= 0.6 is 15.9 Å². The lowest BCUT2D eigenvalue weighted by Gasteiger charge is -2.20. The zero-order valence-electron chi connectivity index (χ0n) is 11.5. The van der Waals surface area contributed by atoms with Crippen LogP contribution < -0.4 is 15.8 Å². The van der Waals surface area contributed by atoms with E-state index in [0.29, 0.717) is 6.54 Å². The molecule has 0 spiro atoms. The molecule has 106 valence electrons. The summed E-state index contributed by atoms with van der Waals surface area (Å²) in [7, 11) is 1.67. The lowest BCUT2D eigenvalue weighted by atomic mass is 9.98. The lowest BCUT2D eigenvalue weighted by molar-refractivity contribution is 0.414. The number of halogens is 1. The first-order valence-electron chi connectivity index (χ1n) is 6.57. The van der Waals surface area contributed by atoms with Gasteiger partial charge < -0.3 is 15.8 Å². The molecule has 0 bridgehead atoms. The third-order valence-electron chi connectivity index (χ3n) is 3.15. The van der Waals surface area contributed by atoms with Gasteiger partial charge in [-0.2, -0.15) is 0 Å². The van der Waals surface area contributed by atoms with Gasteiger partial charge in [0.1, 0.15) is 5.75 Å². The molecule has 0 amide bonds. The van der Waals surface area contributed by atoms with Crippen molar-refractivity contribution in [2.24, 2.45) is 5.73 Å². The van der Waals surface area contributed by atoms with Crippen LogP contribution in [-0.4, -0.2) is 20.2 Å². The Balaban J connectivity index is 2.27. The van der Waals surface area contributed by atoms with Gasteiger partial charge in [0.05, 0.1) is 13.2 Å². The zero-order chi connectivity index (χ0) is 14.4. The molecule has 0 unspecified atom stereocenters. The SMILES string of the molecule is COc1ccc([C@H](NCCN)c2ccc(Br)cc2)cc1. The molecule has 0 radical (unpaired) electrons. The van der Waals surface area contributed by atoms with Gasteiger partial charge in [0.15, 0.2) is 0 Å². The fraction of sp³-hybridized carbons (Fsp3) is 0.250. The van der Waals surface area contributed by atoms with Crippen molar-refractivity contribution < 1.29 is 4.74 Å². The molecule has 4 heteroatoms. The minimum atomic E-state index is 0.137. The van der Waals surface area contributed by atoms with Crippen LogP contribution in [-0.2, 0) is 0 Å². The van der Waals surface area contributed by atoms with Gasteiger partial charge in [-0.05, 0) is 35.4 Å². The molecule has 3 N–H and O–H groups in total. The van der Waals surface area contributed by atoms with E-state index >= 15 is 0 Å². The van der Waals surface area contributed by atoms with Crippen molar-refractivity contribution in [2.75, 3.05) is 20.2 Å². The summed E-state index contributed by atoms with van der Waals surface area (Å²) >= 11 is 3.47. The van der Waals surface area contributed by atoms with Crippen LogP contribution in [0.3, 0.4) is 0 Å². The van der Waals surface area contributed by atoms with E-state index in [1.165, 1.54) is 11.1 Å². The number of rotatable bonds is 6. The van der Waals surface area contributed by atoms with Crippen LogP contribution in [0, 0.1) is 0 Å². The normalized spacial score (nSPS) is 12.2. The van der Waals surface area contributed by atoms with Crippen molar-refractivity contribution >= 4 is 15.9 Å². The van der Waals surface area contributed by atoms with E-state index in [0.717, 1.165) is 16.8 Å². The minimum absolute atomic E-state index is 0.137. The van der Waals surface area contributed by atoms with Gasteiger partial charge in [0.2, 0.25) is 0 Å². The summed E-state index contributed by atoms with van der Waals surface area (Å²) in [6.45, 7) is 1.38. The first kappa shape index (κ1) is 15.0. The lowest BCUT2D eigenvalue weighted by Crippen LogP contribution is -2.28. The highest BCUT2D eigenvalue weighted by atomic mass is 79.9. The second-order valence-corrected chi connectivity index (χ2v) is 5.42. The number of hydrogen-bond donors (Lipinski definition) is 2. The Morgan fingerprint density at radius 1 is 1.05 bits per heavy atom. The summed E-state index contributed by atoms with van der Waals surface area (Å²) < 4.78 is 6.28. The van der Waals surface area contributed by atoms with Crippen molar-refractivity contribution in [1.82, 2.24) is 5.32 Å². The van der Waals surface area contributed by atoms with Crippen molar-refractivity contribution in [3.05, 3.63) is 64.1 Å². The number of methoxy groups -OCH3 is 1. The van der Waals surface area contributed by atoms with E-state index in [9.17, 15) is 0 Å². The maximum absolute atomic E-state index is 5.61. The molecule has 0 saturated heterocycles. The second kappa shape index (κ2) is 7.43. The number of hydrogen-bond acceptors (Lipinski definition) is 3. The zero-order valence-corrected chi connectivity index (χ0v) is 13.1. The van der Waals surface area contributed by atoms with Crippen LogP contribution in [0.25, 0.3) is 0 Å². The maximum Gasteiger partial charge on any atom is 0.118 e. The van der Waals surface area contributed by atoms with E-state index in [2.05, 4.69) is 57.6 Å². The molecule has 0 saturated carbocycles. The molecular weight excluding hydrogens is 316 g/mol. The van der Waals surface area contributed by atoms with Crippen LogP contribution in [0.2, 0.25) is 0 Å². The third kappa shape index (κ3) is 3.82.